The molecule has 1 aromatic heterocycles. The zero-order valence-electron chi connectivity index (χ0n) is 16.3. The number of fused-ring (bicyclic) bond motifs is 1. The highest BCUT2D eigenvalue weighted by molar-refractivity contribution is 5.97. The Bertz CT molecular complexity index is 884. The van der Waals surface area contributed by atoms with Gasteiger partial charge in [0.1, 0.15) is 11.3 Å². The van der Waals surface area contributed by atoms with Crippen molar-refractivity contribution in [2.24, 2.45) is 0 Å². The van der Waals surface area contributed by atoms with E-state index in [1.54, 1.807) is 14.2 Å². The summed E-state index contributed by atoms with van der Waals surface area (Å²) in [6.07, 6.45) is 5.11. The topological polar surface area (TPSA) is 68.0 Å². The third-order valence-electron chi connectivity index (χ3n) is 5.28. The van der Waals surface area contributed by atoms with E-state index >= 15 is 0 Å². The third kappa shape index (κ3) is 3.62. The fourth-order valence-corrected chi connectivity index (χ4v) is 3.68. The van der Waals surface area contributed by atoms with E-state index in [9.17, 15) is 4.79 Å². The molecule has 0 saturated carbocycles. The number of para-hydroxylation sites is 2. The van der Waals surface area contributed by atoms with Gasteiger partial charge in [0, 0.05) is 39.7 Å². The average Bonchev–Trinajstić information content (AvgIpc) is 3.02. The van der Waals surface area contributed by atoms with Crippen molar-refractivity contribution in [2.45, 2.75) is 18.9 Å². The van der Waals surface area contributed by atoms with E-state index in [-0.39, 0.29) is 12.0 Å². The SMILES string of the molecule is COC1=C(C(=O)N2CCCN(c3nc4ccccc4o3)CC2)C=CC(OC)C1. The number of ether oxygens (including phenoxy) is 2. The van der Waals surface area contributed by atoms with Crippen LogP contribution in [0.25, 0.3) is 11.1 Å². The number of hydrogen-bond donors (Lipinski definition) is 0. The minimum atomic E-state index is -0.0507. The van der Waals surface area contributed by atoms with Crippen LogP contribution < -0.4 is 4.90 Å². The Kier molecular flexibility index (Phi) is 5.34. The molecule has 2 heterocycles. The Morgan fingerprint density at radius 3 is 2.82 bits per heavy atom. The Balaban J connectivity index is 1.47. The largest absolute Gasteiger partial charge is 0.500 e. The van der Waals surface area contributed by atoms with Crippen molar-refractivity contribution in [3.8, 4) is 0 Å². The summed E-state index contributed by atoms with van der Waals surface area (Å²) in [5.74, 6) is 0.682. The minimum Gasteiger partial charge on any atom is -0.500 e. The monoisotopic (exact) mass is 383 g/mol. The van der Waals surface area contributed by atoms with E-state index in [0.717, 1.165) is 24.1 Å². The van der Waals surface area contributed by atoms with Gasteiger partial charge in [0.25, 0.3) is 11.9 Å². The molecule has 1 fully saturated rings. The van der Waals surface area contributed by atoms with Crippen molar-refractivity contribution in [3.05, 3.63) is 47.7 Å². The minimum absolute atomic E-state index is 0.00192. The molecule has 7 heteroatoms. The Hall–Kier alpha value is -2.80. The molecule has 1 amide bonds. The third-order valence-corrected chi connectivity index (χ3v) is 5.28. The predicted molar refractivity (Wildman–Crippen MR) is 106 cm³/mol. The lowest BCUT2D eigenvalue weighted by atomic mass is 10.0. The van der Waals surface area contributed by atoms with Crippen molar-refractivity contribution in [1.82, 2.24) is 9.88 Å². The number of nitrogens with zero attached hydrogens (tertiary/aromatic N) is 3. The van der Waals surface area contributed by atoms with Crippen LogP contribution in [0.2, 0.25) is 0 Å². The van der Waals surface area contributed by atoms with Gasteiger partial charge in [0.05, 0.1) is 18.8 Å². The van der Waals surface area contributed by atoms with Crippen molar-refractivity contribution >= 4 is 23.0 Å². The number of amides is 1. The van der Waals surface area contributed by atoms with Gasteiger partial charge in [-0.15, -0.1) is 0 Å². The number of carbonyl (C=O) groups excluding carboxylic acids is 1. The van der Waals surface area contributed by atoms with Gasteiger partial charge in [0.15, 0.2) is 5.58 Å². The second-order valence-corrected chi connectivity index (χ2v) is 6.98. The Labute approximate surface area is 164 Å². The van der Waals surface area contributed by atoms with Gasteiger partial charge in [-0.25, -0.2) is 0 Å². The molecule has 28 heavy (non-hydrogen) atoms. The summed E-state index contributed by atoms with van der Waals surface area (Å²) in [7, 11) is 3.26. The molecule has 2 aliphatic rings. The quantitative estimate of drug-likeness (QED) is 0.809. The lowest BCUT2D eigenvalue weighted by molar-refractivity contribution is -0.126. The van der Waals surface area contributed by atoms with Crippen molar-refractivity contribution in [3.63, 3.8) is 0 Å². The maximum absolute atomic E-state index is 13.1. The lowest BCUT2D eigenvalue weighted by Gasteiger charge is -2.25. The molecule has 0 N–H and O–H groups in total. The van der Waals surface area contributed by atoms with Crippen LogP contribution in [-0.4, -0.2) is 62.3 Å². The summed E-state index contributed by atoms with van der Waals surface area (Å²) in [6, 6.07) is 8.36. The van der Waals surface area contributed by atoms with Crippen LogP contribution >= 0.6 is 0 Å². The highest BCUT2D eigenvalue weighted by atomic mass is 16.5. The van der Waals surface area contributed by atoms with Gasteiger partial charge < -0.3 is 23.7 Å². The molecule has 0 bridgehead atoms. The molecule has 0 spiro atoms. The number of rotatable bonds is 4. The molecule has 1 aliphatic heterocycles. The molecule has 1 atom stereocenters. The highest BCUT2D eigenvalue weighted by Gasteiger charge is 2.27. The van der Waals surface area contributed by atoms with Crippen LogP contribution in [0, 0.1) is 0 Å². The Morgan fingerprint density at radius 2 is 2.04 bits per heavy atom. The molecule has 1 aromatic carbocycles. The van der Waals surface area contributed by atoms with Crippen molar-refractivity contribution in [1.29, 1.82) is 0 Å². The van der Waals surface area contributed by atoms with Gasteiger partial charge in [-0.05, 0) is 24.6 Å². The van der Waals surface area contributed by atoms with Crippen LogP contribution in [-0.2, 0) is 14.3 Å². The first-order valence-corrected chi connectivity index (χ1v) is 9.57. The summed E-state index contributed by atoms with van der Waals surface area (Å²) < 4.78 is 16.7. The maximum Gasteiger partial charge on any atom is 0.298 e. The molecule has 1 unspecified atom stereocenters. The first-order valence-electron chi connectivity index (χ1n) is 9.57. The summed E-state index contributed by atoms with van der Waals surface area (Å²) >= 11 is 0. The highest BCUT2D eigenvalue weighted by Crippen LogP contribution is 2.25. The lowest BCUT2D eigenvalue weighted by Crippen LogP contribution is -2.37. The molecular weight excluding hydrogens is 358 g/mol. The van der Waals surface area contributed by atoms with Gasteiger partial charge >= 0.3 is 0 Å². The second-order valence-electron chi connectivity index (χ2n) is 6.98. The van der Waals surface area contributed by atoms with Gasteiger partial charge in [-0.1, -0.05) is 18.2 Å². The number of hydrogen-bond acceptors (Lipinski definition) is 6. The first-order chi connectivity index (χ1) is 13.7. The number of benzene rings is 1. The average molecular weight is 383 g/mol. The summed E-state index contributed by atoms with van der Waals surface area (Å²) in [4.78, 5) is 21.7. The van der Waals surface area contributed by atoms with E-state index in [2.05, 4.69) is 9.88 Å². The van der Waals surface area contributed by atoms with E-state index in [1.807, 2.05) is 41.3 Å². The zero-order chi connectivity index (χ0) is 19.5. The van der Waals surface area contributed by atoms with Gasteiger partial charge in [-0.3, -0.25) is 4.79 Å². The maximum atomic E-state index is 13.1. The smallest absolute Gasteiger partial charge is 0.298 e. The van der Waals surface area contributed by atoms with E-state index in [4.69, 9.17) is 13.9 Å². The standard InChI is InChI=1S/C21H25N3O4/c1-26-15-8-9-16(19(14-15)27-2)20(25)23-10-5-11-24(13-12-23)21-22-17-6-3-4-7-18(17)28-21/h3-4,6-9,15H,5,10-14H2,1-2H3. The predicted octanol–water partition coefficient (Wildman–Crippen LogP) is 2.74. The van der Waals surface area contributed by atoms with E-state index in [0.29, 0.717) is 43.4 Å². The first kappa shape index (κ1) is 18.6. The number of aromatic nitrogens is 1. The van der Waals surface area contributed by atoms with E-state index in [1.165, 1.54) is 0 Å². The summed E-state index contributed by atoms with van der Waals surface area (Å²) in [5.41, 5.74) is 2.25. The fourth-order valence-electron chi connectivity index (χ4n) is 3.68. The summed E-state index contributed by atoms with van der Waals surface area (Å²) in [5, 5.41) is 0. The zero-order valence-corrected chi connectivity index (χ0v) is 16.3. The molecule has 1 aliphatic carbocycles. The molecule has 148 valence electrons. The molecule has 4 rings (SSSR count). The normalized spacial score (nSPS) is 20.6. The van der Waals surface area contributed by atoms with Crippen LogP contribution in [0.3, 0.4) is 0 Å². The number of methoxy groups -OCH3 is 2. The van der Waals surface area contributed by atoms with Crippen LogP contribution in [0.4, 0.5) is 6.01 Å². The number of oxazole rings is 1. The number of carbonyl (C=O) groups is 1. The molecule has 1 saturated heterocycles. The molecule has 2 aromatic rings. The second kappa shape index (κ2) is 8.06. The van der Waals surface area contributed by atoms with Crippen LogP contribution in [0.15, 0.2) is 52.2 Å². The molecule has 7 nitrogen and oxygen atoms in total. The van der Waals surface area contributed by atoms with Crippen molar-refractivity contribution in [2.75, 3.05) is 45.3 Å². The van der Waals surface area contributed by atoms with Gasteiger partial charge in [-0.2, -0.15) is 4.98 Å². The van der Waals surface area contributed by atoms with Crippen LogP contribution in [0.5, 0.6) is 0 Å². The molecular formula is C21H25N3O4. The number of anilines is 1. The Morgan fingerprint density at radius 1 is 1.18 bits per heavy atom. The van der Waals surface area contributed by atoms with Crippen LogP contribution in [0.1, 0.15) is 12.8 Å². The van der Waals surface area contributed by atoms with E-state index < -0.39 is 0 Å². The summed E-state index contributed by atoms with van der Waals surface area (Å²) in [6.45, 7) is 2.78. The fraction of sp³-hybridized carbons (Fsp3) is 0.429. The van der Waals surface area contributed by atoms with Crippen molar-refractivity contribution < 1.29 is 18.7 Å². The molecule has 0 radical (unpaired) electrons. The van der Waals surface area contributed by atoms with Gasteiger partial charge in [0.2, 0.25) is 0 Å².